The van der Waals surface area contributed by atoms with E-state index in [2.05, 4.69) is 34.4 Å². The number of piperazine rings is 1. The molecule has 38 heavy (non-hydrogen) atoms. The molecule has 196 valence electrons. The summed E-state index contributed by atoms with van der Waals surface area (Å²) in [6, 6.07) is 10.4. The summed E-state index contributed by atoms with van der Waals surface area (Å²) >= 11 is 0. The molecule has 0 unspecified atom stereocenters. The maximum atomic E-state index is 12.9. The molecule has 3 aromatic heterocycles. The third kappa shape index (κ3) is 5.11. The van der Waals surface area contributed by atoms with Crippen molar-refractivity contribution in [2.75, 3.05) is 38.3 Å². The molecule has 2 aliphatic rings. The molecule has 1 atom stereocenters. The number of anilines is 1. The Morgan fingerprint density at radius 2 is 2.11 bits per heavy atom. The second-order valence-electron chi connectivity index (χ2n) is 10.1. The number of nitriles is 1. The van der Waals surface area contributed by atoms with Crippen molar-refractivity contribution in [1.82, 2.24) is 19.9 Å². The Hall–Kier alpha value is -3.83. The highest BCUT2D eigenvalue weighted by Crippen LogP contribution is 2.46. The first kappa shape index (κ1) is 25.8. The monoisotopic (exact) mass is 510 g/mol. The number of aromatic nitrogens is 3. The quantitative estimate of drug-likeness (QED) is 0.402. The number of hydrogen-bond acceptors (Lipinski definition) is 7. The van der Waals surface area contributed by atoms with Crippen molar-refractivity contribution in [3.8, 4) is 17.2 Å². The number of amides is 1. The molecule has 8 nitrogen and oxygen atoms in total. The number of carbonyl (C=O) groups excluding carboxylic acids is 1. The largest absolute Gasteiger partial charge is 0.384 e. The number of ether oxygens (including phenoxy) is 1. The van der Waals surface area contributed by atoms with Crippen molar-refractivity contribution in [3.05, 3.63) is 54.0 Å². The average Bonchev–Trinajstić information content (AvgIpc) is 3.80. The fourth-order valence-electron chi connectivity index (χ4n) is 5.42. The van der Waals surface area contributed by atoms with Gasteiger partial charge in [0.15, 0.2) is 5.65 Å². The summed E-state index contributed by atoms with van der Waals surface area (Å²) in [5.74, 6) is 1.22. The predicted octanol–water partition coefficient (Wildman–Crippen LogP) is 4.94. The van der Waals surface area contributed by atoms with E-state index in [0.717, 1.165) is 59.4 Å². The van der Waals surface area contributed by atoms with Crippen LogP contribution in [0.15, 0.2) is 37.0 Å². The van der Waals surface area contributed by atoms with Crippen LogP contribution in [0.25, 0.3) is 28.2 Å². The SMILES string of the molecule is C=Cc1cc(-c2cc(C#N)c(N3CCN(C(=O)CCOC)[C@H](CCC)C3)nc2C2CC2)c2cccnc2n1. The van der Waals surface area contributed by atoms with E-state index in [1.165, 1.54) is 0 Å². The second kappa shape index (κ2) is 11.3. The smallest absolute Gasteiger partial charge is 0.225 e. The molecule has 1 amide bonds. The van der Waals surface area contributed by atoms with Gasteiger partial charge in [0.25, 0.3) is 0 Å². The Kier molecular flexibility index (Phi) is 7.66. The number of fused-ring (bicyclic) bond motifs is 1. The summed E-state index contributed by atoms with van der Waals surface area (Å²) in [4.78, 5) is 31.3. The Labute approximate surface area is 224 Å². The first-order valence-corrected chi connectivity index (χ1v) is 13.4. The molecule has 0 aromatic carbocycles. The highest BCUT2D eigenvalue weighted by Gasteiger charge is 2.34. The normalized spacial score (nSPS) is 17.4. The van der Waals surface area contributed by atoms with Crippen LogP contribution in [0.4, 0.5) is 5.82 Å². The Morgan fingerprint density at radius 1 is 1.26 bits per heavy atom. The molecule has 1 aliphatic heterocycles. The minimum atomic E-state index is 0.0841. The van der Waals surface area contributed by atoms with Crippen molar-refractivity contribution in [3.63, 3.8) is 0 Å². The van der Waals surface area contributed by atoms with Gasteiger partial charge < -0.3 is 14.5 Å². The van der Waals surface area contributed by atoms with Crippen LogP contribution in [0.5, 0.6) is 0 Å². The molecule has 0 radical (unpaired) electrons. The second-order valence-corrected chi connectivity index (χ2v) is 10.1. The van der Waals surface area contributed by atoms with E-state index in [9.17, 15) is 10.1 Å². The van der Waals surface area contributed by atoms with Gasteiger partial charge in [-0.05, 0) is 55.2 Å². The summed E-state index contributed by atoms with van der Waals surface area (Å²) in [6.07, 6.45) is 7.91. The molecule has 0 N–H and O–H groups in total. The van der Waals surface area contributed by atoms with E-state index < -0.39 is 0 Å². The number of hydrogen-bond donors (Lipinski definition) is 0. The zero-order valence-corrected chi connectivity index (χ0v) is 22.2. The van der Waals surface area contributed by atoms with E-state index >= 15 is 0 Å². The molecule has 1 saturated heterocycles. The third-order valence-electron chi connectivity index (χ3n) is 7.46. The fraction of sp³-hybridized carbons (Fsp3) is 0.433. The maximum Gasteiger partial charge on any atom is 0.225 e. The van der Waals surface area contributed by atoms with Gasteiger partial charge in [-0.2, -0.15) is 5.26 Å². The highest BCUT2D eigenvalue weighted by atomic mass is 16.5. The molecule has 0 spiro atoms. The predicted molar refractivity (Wildman–Crippen MR) is 149 cm³/mol. The van der Waals surface area contributed by atoms with Gasteiger partial charge in [0, 0.05) is 55.9 Å². The standard InChI is InChI=1S/C30H34N6O2/c1-4-7-23-19-35(13-14-36(23)27(37)11-15-38-3)30-21(18-31)16-26(28(34-30)20-9-10-20)25-17-22(5-2)33-29-24(25)8-6-12-32-29/h5-6,8,12,16-17,20,23H,2,4,7,9-11,13-15,19H2,1,3H3/t23-/m1/s1. The number of carbonyl (C=O) groups is 1. The van der Waals surface area contributed by atoms with E-state index in [1.54, 1.807) is 19.4 Å². The van der Waals surface area contributed by atoms with Crippen molar-refractivity contribution < 1.29 is 9.53 Å². The van der Waals surface area contributed by atoms with Gasteiger partial charge in [-0.3, -0.25) is 4.79 Å². The lowest BCUT2D eigenvalue weighted by Crippen LogP contribution is -2.55. The van der Waals surface area contributed by atoms with E-state index in [1.807, 2.05) is 29.2 Å². The van der Waals surface area contributed by atoms with Crippen LogP contribution in [0.1, 0.15) is 61.9 Å². The van der Waals surface area contributed by atoms with E-state index in [0.29, 0.717) is 49.8 Å². The molecule has 4 heterocycles. The van der Waals surface area contributed by atoms with Crippen molar-refractivity contribution in [1.29, 1.82) is 5.26 Å². The van der Waals surface area contributed by atoms with E-state index in [-0.39, 0.29) is 11.9 Å². The third-order valence-corrected chi connectivity index (χ3v) is 7.46. The minimum absolute atomic E-state index is 0.0841. The number of nitrogens with zero attached hydrogens (tertiary/aromatic N) is 6. The molecule has 1 saturated carbocycles. The van der Waals surface area contributed by atoms with Crippen LogP contribution in [0, 0.1) is 11.3 Å². The maximum absolute atomic E-state index is 12.9. The van der Waals surface area contributed by atoms with Gasteiger partial charge in [-0.25, -0.2) is 15.0 Å². The van der Waals surface area contributed by atoms with Gasteiger partial charge in [0.2, 0.25) is 5.91 Å². The fourth-order valence-corrected chi connectivity index (χ4v) is 5.42. The summed E-state index contributed by atoms with van der Waals surface area (Å²) in [5, 5.41) is 11.2. The van der Waals surface area contributed by atoms with Crippen LogP contribution in [-0.4, -0.2) is 65.2 Å². The molecule has 3 aromatic rings. The van der Waals surface area contributed by atoms with Gasteiger partial charge in [0.1, 0.15) is 11.9 Å². The number of pyridine rings is 3. The lowest BCUT2D eigenvalue weighted by molar-refractivity contribution is -0.135. The zero-order chi connectivity index (χ0) is 26.6. The summed E-state index contributed by atoms with van der Waals surface area (Å²) in [5.41, 5.74) is 4.92. The Morgan fingerprint density at radius 3 is 2.82 bits per heavy atom. The summed E-state index contributed by atoms with van der Waals surface area (Å²) in [6.45, 7) is 8.40. The van der Waals surface area contributed by atoms with Crippen molar-refractivity contribution in [2.45, 2.75) is 51.0 Å². The first-order valence-electron chi connectivity index (χ1n) is 13.4. The Balaban J connectivity index is 1.55. The molecule has 5 rings (SSSR count). The van der Waals surface area contributed by atoms with Gasteiger partial charge in [-0.1, -0.05) is 19.9 Å². The van der Waals surface area contributed by atoms with Crippen molar-refractivity contribution in [2.24, 2.45) is 0 Å². The van der Waals surface area contributed by atoms with Crippen LogP contribution >= 0.6 is 0 Å². The Bertz CT molecular complexity index is 1390. The summed E-state index contributed by atoms with van der Waals surface area (Å²) in [7, 11) is 1.62. The van der Waals surface area contributed by atoms with Crippen LogP contribution in [0.2, 0.25) is 0 Å². The number of rotatable bonds is 9. The molecule has 8 heteroatoms. The van der Waals surface area contributed by atoms with E-state index in [4.69, 9.17) is 9.72 Å². The average molecular weight is 511 g/mol. The van der Waals surface area contributed by atoms with Gasteiger partial charge in [0.05, 0.1) is 30.0 Å². The molecule has 0 bridgehead atoms. The molecular weight excluding hydrogens is 476 g/mol. The van der Waals surface area contributed by atoms with Gasteiger partial charge >= 0.3 is 0 Å². The summed E-state index contributed by atoms with van der Waals surface area (Å²) < 4.78 is 5.13. The van der Waals surface area contributed by atoms with Crippen LogP contribution < -0.4 is 4.90 Å². The molecule has 2 fully saturated rings. The number of methoxy groups -OCH3 is 1. The zero-order valence-electron chi connectivity index (χ0n) is 22.2. The lowest BCUT2D eigenvalue weighted by Gasteiger charge is -2.42. The highest BCUT2D eigenvalue weighted by molar-refractivity contribution is 5.95. The topological polar surface area (TPSA) is 95.2 Å². The van der Waals surface area contributed by atoms with Crippen LogP contribution in [-0.2, 0) is 9.53 Å². The lowest BCUT2D eigenvalue weighted by atomic mass is 9.96. The van der Waals surface area contributed by atoms with Gasteiger partial charge in [-0.15, -0.1) is 0 Å². The molecule has 1 aliphatic carbocycles. The van der Waals surface area contributed by atoms with Crippen molar-refractivity contribution >= 4 is 28.8 Å². The first-order chi connectivity index (χ1) is 18.6. The minimum Gasteiger partial charge on any atom is -0.384 e. The van der Waals surface area contributed by atoms with Crippen LogP contribution in [0.3, 0.4) is 0 Å². The molecular formula is C30H34N6O2.